The number of rotatable bonds is 2. The fraction of sp³-hybridized carbons (Fsp3) is 0.533. The lowest BCUT2D eigenvalue weighted by molar-refractivity contribution is 0.0726. The number of amides is 1. The Labute approximate surface area is 119 Å². The van der Waals surface area contributed by atoms with Gasteiger partial charge in [-0.1, -0.05) is 0 Å². The van der Waals surface area contributed by atoms with Gasteiger partial charge in [0.1, 0.15) is 0 Å². The van der Waals surface area contributed by atoms with Gasteiger partial charge in [0, 0.05) is 37.4 Å². The van der Waals surface area contributed by atoms with Crippen molar-refractivity contribution in [1.82, 2.24) is 10.4 Å². The van der Waals surface area contributed by atoms with Crippen molar-refractivity contribution in [1.29, 1.82) is 0 Å². The number of hydrazine groups is 1. The fourth-order valence-electron chi connectivity index (χ4n) is 2.80. The van der Waals surface area contributed by atoms with Gasteiger partial charge in [0.25, 0.3) is 5.91 Å². The van der Waals surface area contributed by atoms with Crippen molar-refractivity contribution in [3.8, 4) is 0 Å². The smallest absolute Gasteiger partial charge is 0.267 e. The molecule has 1 aromatic rings. The maximum Gasteiger partial charge on any atom is 0.267 e. The molecule has 2 heterocycles. The minimum atomic E-state index is -0.159. The molecule has 108 valence electrons. The highest BCUT2D eigenvalue weighted by Gasteiger charge is 2.20. The number of nitrogens with zero attached hydrogens (tertiary/aromatic N) is 2. The average molecular weight is 275 g/mol. The Bertz CT molecular complexity index is 461. The largest absolute Gasteiger partial charge is 0.393 e. The summed E-state index contributed by atoms with van der Waals surface area (Å²) in [5.74, 6) is 0.0446. The summed E-state index contributed by atoms with van der Waals surface area (Å²) in [5, 5.41) is 11.2. The molecule has 2 aliphatic heterocycles. The van der Waals surface area contributed by atoms with E-state index in [4.69, 9.17) is 0 Å². The van der Waals surface area contributed by atoms with Crippen LogP contribution in [0.15, 0.2) is 24.3 Å². The highest BCUT2D eigenvalue weighted by Crippen LogP contribution is 2.21. The third-order valence-electron chi connectivity index (χ3n) is 4.05. The first-order chi connectivity index (χ1) is 9.74. The van der Waals surface area contributed by atoms with E-state index in [1.807, 2.05) is 24.3 Å². The maximum absolute atomic E-state index is 12.2. The summed E-state index contributed by atoms with van der Waals surface area (Å²) in [6.07, 6.45) is 2.49. The summed E-state index contributed by atoms with van der Waals surface area (Å²) in [5.41, 5.74) is 4.93. The van der Waals surface area contributed by atoms with Crippen molar-refractivity contribution in [2.24, 2.45) is 0 Å². The van der Waals surface area contributed by atoms with Gasteiger partial charge in [0.15, 0.2) is 0 Å². The predicted molar refractivity (Wildman–Crippen MR) is 77.6 cm³/mol. The Hall–Kier alpha value is -1.59. The topological polar surface area (TPSA) is 55.8 Å². The third-order valence-corrected chi connectivity index (χ3v) is 4.05. The van der Waals surface area contributed by atoms with Crippen LogP contribution < -0.4 is 10.3 Å². The van der Waals surface area contributed by atoms with Gasteiger partial charge in [-0.15, -0.1) is 0 Å². The predicted octanol–water partition coefficient (Wildman–Crippen LogP) is 0.998. The number of carbonyl (C=O) groups is 1. The first-order valence-electron chi connectivity index (χ1n) is 7.32. The Morgan fingerprint density at radius 3 is 2.45 bits per heavy atom. The Balaban J connectivity index is 1.66. The van der Waals surface area contributed by atoms with E-state index in [2.05, 4.69) is 10.3 Å². The van der Waals surface area contributed by atoms with E-state index in [1.54, 1.807) is 5.01 Å². The van der Waals surface area contributed by atoms with Gasteiger partial charge in [0.05, 0.1) is 6.10 Å². The lowest BCUT2D eigenvalue weighted by atomic mass is 10.1. The van der Waals surface area contributed by atoms with Gasteiger partial charge in [-0.05, 0) is 43.5 Å². The highest BCUT2D eigenvalue weighted by atomic mass is 16.3. The van der Waals surface area contributed by atoms with Crippen molar-refractivity contribution in [2.75, 3.05) is 31.1 Å². The van der Waals surface area contributed by atoms with Crippen molar-refractivity contribution in [2.45, 2.75) is 25.4 Å². The monoisotopic (exact) mass is 275 g/mol. The summed E-state index contributed by atoms with van der Waals surface area (Å²) >= 11 is 0. The van der Waals surface area contributed by atoms with E-state index in [0.717, 1.165) is 56.7 Å². The molecule has 2 saturated heterocycles. The highest BCUT2D eigenvalue weighted by molar-refractivity contribution is 5.94. The molecule has 0 aromatic heterocycles. The van der Waals surface area contributed by atoms with Gasteiger partial charge in [0.2, 0.25) is 0 Å². The summed E-state index contributed by atoms with van der Waals surface area (Å²) in [6.45, 7) is 3.41. The molecule has 0 radical (unpaired) electrons. The van der Waals surface area contributed by atoms with Gasteiger partial charge < -0.3 is 10.0 Å². The zero-order chi connectivity index (χ0) is 13.9. The van der Waals surface area contributed by atoms with Crippen LogP contribution in [0.5, 0.6) is 0 Å². The van der Waals surface area contributed by atoms with E-state index < -0.39 is 0 Å². The van der Waals surface area contributed by atoms with Crippen LogP contribution in [0.2, 0.25) is 0 Å². The van der Waals surface area contributed by atoms with Crippen LogP contribution >= 0.6 is 0 Å². The zero-order valence-corrected chi connectivity index (χ0v) is 11.6. The summed E-state index contributed by atoms with van der Waals surface area (Å²) in [4.78, 5) is 14.5. The second-order valence-corrected chi connectivity index (χ2v) is 5.48. The average Bonchev–Trinajstić information content (AvgIpc) is 3.02. The molecule has 0 aliphatic carbocycles. The molecule has 0 atom stereocenters. The Kier molecular flexibility index (Phi) is 3.89. The molecule has 0 bridgehead atoms. The molecule has 2 fully saturated rings. The van der Waals surface area contributed by atoms with E-state index in [-0.39, 0.29) is 12.0 Å². The van der Waals surface area contributed by atoms with Crippen molar-refractivity contribution in [3.05, 3.63) is 29.8 Å². The van der Waals surface area contributed by atoms with Crippen LogP contribution in [0.25, 0.3) is 0 Å². The molecule has 2 aliphatic rings. The van der Waals surface area contributed by atoms with Gasteiger partial charge in [-0.25, -0.2) is 5.43 Å². The normalized spacial score (nSPS) is 20.4. The van der Waals surface area contributed by atoms with E-state index in [9.17, 15) is 9.90 Å². The van der Waals surface area contributed by atoms with Crippen LogP contribution in [-0.2, 0) is 0 Å². The quantitative estimate of drug-likeness (QED) is 0.845. The zero-order valence-electron chi connectivity index (χ0n) is 11.6. The standard InChI is InChI=1S/C15H21N3O2/c19-14-6-10-17(11-7-14)13-4-2-12(3-5-13)15(20)18-9-1-8-16-18/h2-5,14,16,19H,1,6-11H2. The van der Waals surface area contributed by atoms with Crippen molar-refractivity contribution < 1.29 is 9.90 Å². The molecular weight excluding hydrogens is 254 g/mol. The first-order valence-corrected chi connectivity index (χ1v) is 7.32. The molecular formula is C15H21N3O2. The number of carbonyl (C=O) groups excluding carboxylic acids is 1. The molecule has 1 amide bonds. The van der Waals surface area contributed by atoms with Crippen molar-refractivity contribution >= 4 is 11.6 Å². The third kappa shape index (κ3) is 2.78. The minimum Gasteiger partial charge on any atom is -0.393 e. The van der Waals surface area contributed by atoms with E-state index >= 15 is 0 Å². The number of hydrogen-bond donors (Lipinski definition) is 2. The minimum absolute atomic E-state index is 0.0446. The lowest BCUT2D eigenvalue weighted by Gasteiger charge is -2.31. The number of hydrogen-bond acceptors (Lipinski definition) is 4. The lowest BCUT2D eigenvalue weighted by Crippen LogP contribution is -2.37. The Morgan fingerprint density at radius 1 is 1.15 bits per heavy atom. The van der Waals surface area contributed by atoms with Crippen LogP contribution in [0.4, 0.5) is 5.69 Å². The van der Waals surface area contributed by atoms with Crippen LogP contribution in [0, 0.1) is 0 Å². The van der Waals surface area contributed by atoms with Crippen molar-refractivity contribution in [3.63, 3.8) is 0 Å². The molecule has 20 heavy (non-hydrogen) atoms. The first kappa shape index (κ1) is 13.4. The second-order valence-electron chi connectivity index (χ2n) is 5.48. The number of piperidine rings is 1. The summed E-state index contributed by atoms with van der Waals surface area (Å²) < 4.78 is 0. The fourth-order valence-corrected chi connectivity index (χ4v) is 2.80. The molecule has 0 spiro atoms. The number of nitrogens with one attached hydrogen (secondary N) is 1. The van der Waals surface area contributed by atoms with E-state index in [0.29, 0.717) is 0 Å². The number of anilines is 1. The van der Waals surface area contributed by atoms with Crippen LogP contribution in [0.1, 0.15) is 29.6 Å². The maximum atomic E-state index is 12.2. The summed E-state index contributed by atoms with van der Waals surface area (Å²) in [7, 11) is 0. The van der Waals surface area contributed by atoms with Gasteiger partial charge in [-0.2, -0.15) is 0 Å². The van der Waals surface area contributed by atoms with Crippen LogP contribution in [-0.4, -0.2) is 48.3 Å². The number of aliphatic hydroxyl groups excluding tert-OH is 1. The molecule has 0 unspecified atom stereocenters. The molecule has 5 nitrogen and oxygen atoms in total. The van der Waals surface area contributed by atoms with E-state index in [1.165, 1.54) is 0 Å². The van der Waals surface area contributed by atoms with Gasteiger partial charge >= 0.3 is 0 Å². The summed E-state index contributed by atoms with van der Waals surface area (Å²) in [6, 6.07) is 7.79. The number of aliphatic hydroxyl groups is 1. The Morgan fingerprint density at radius 2 is 1.85 bits per heavy atom. The molecule has 0 saturated carbocycles. The molecule has 5 heteroatoms. The molecule has 3 rings (SSSR count). The molecule has 1 aromatic carbocycles. The number of benzene rings is 1. The molecule has 2 N–H and O–H groups in total. The second kappa shape index (κ2) is 5.81. The van der Waals surface area contributed by atoms with Crippen LogP contribution in [0.3, 0.4) is 0 Å². The van der Waals surface area contributed by atoms with Gasteiger partial charge in [-0.3, -0.25) is 9.80 Å². The SMILES string of the molecule is O=C(c1ccc(N2CCC(O)CC2)cc1)N1CCCN1.